The maximum absolute atomic E-state index is 14.0. The second-order valence-corrected chi connectivity index (χ2v) is 6.27. The van der Waals surface area contributed by atoms with Gasteiger partial charge < -0.3 is 4.42 Å². The summed E-state index contributed by atoms with van der Waals surface area (Å²) in [6.07, 6.45) is 5.13. The molecule has 130 valence electrons. The molecule has 0 bridgehead atoms. The van der Waals surface area contributed by atoms with Crippen LogP contribution in [0.1, 0.15) is 24.6 Å². The Kier molecular flexibility index (Phi) is 3.15. The highest BCUT2D eigenvalue weighted by molar-refractivity contribution is 5.64. The lowest BCUT2D eigenvalue weighted by atomic mass is 10.1. The molecule has 0 unspecified atom stereocenters. The smallest absolute Gasteiger partial charge is 0.228 e. The zero-order chi connectivity index (χ0) is 17.8. The number of nitrogens with zero attached hydrogens (tertiary/aromatic N) is 4. The normalized spacial score (nSPS) is 14.3. The summed E-state index contributed by atoms with van der Waals surface area (Å²) in [5.41, 5.74) is 1.06. The molecule has 1 aliphatic rings. The van der Waals surface area contributed by atoms with Crippen LogP contribution in [0.15, 0.2) is 41.1 Å². The number of oxazole rings is 1. The Morgan fingerprint density at radius 1 is 1.08 bits per heavy atom. The standard InChI is InChI=1S/C18H11F3N4O/c19-11-5-12(16(21)13(20)6-11)14-8-26-18(22-14)10-3-4-15-23-24-17(9-1-2-9)25(15)7-10/h3-9H,1-2H2. The van der Waals surface area contributed by atoms with Crippen LogP contribution in [-0.4, -0.2) is 19.6 Å². The van der Waals surface area contributed by atoms with Crippen LogP contribution in [0.3, 0.4) is 0 Å². The number of halogens is 3. The fourth-order valence-electron chi connectivity index (χ4n) is 2.93. The van der Waals surface area contributed by atoms with E-state index < -0.39 is 17.5 Å². The monoisotopic (exact) mass is 356 g/mol. The van der Waals surface area contributed by atoms with Gasteiger partial charge in [-0.2, -0.15) is 0 Å². The maximum atomic E-state index is 14.0. The SMILES string of the molecule is Fc1cc(F)c(F)c(-c2coc(-c3ccc4nnc(C5CC5)n4c3)n2)c1. The Balaban J connectivity index is 1.58. The molecular formula is C18H11F3N4O. The summed E-state index contributed by atoms with van der Waals surface area (Å²) in [6, 6.07) is 4.90. The minimum atomic E-state index is -1.27. The summed E-state index contributed by atoms with van der Waals surface area (Å²) >= 11 is 0. The van der Waals surface area contributed by atoms with E-state index in [1.54, 1.807) is 18.3 Å². The van der Waals surface area contributed by atoms with E-state index >= 15 is 0 Å². The average Bonchev–Trinajstić information content (AvgIpc) is 3.19. The Bertz CT molecular complexity index is 1150. The van der Waals surface area contributed by atoms with Crippen molar-refractivity contribution in [3.63, 3.8) is 0 Å². The number of pyridine rings is 1. The second kappa shape index (κ2) is 5.42. The third kappa shape index (κ3) is 2.37. The molecule has 0 aliphatic heterocycles. The molecule has 8 heteroatoms. The lowest BCUT2D eigenvalue weighted by Gasteiger charge is -2.01. The van der Waals surface area contributed by atoms with Crippen LogP contribution in [0.5, 0.6) is 0 Å². The summed E-state index contributed by atoms with van der Waals surface area (Å²) in [6.45, 7) is 0. The molecule has 5 rings (SSSR count). The highest BCUT2D eigenvalue weighted by Gasteiger charge is 2.28. The van der Waals surface area contributed by atoms with Crippen LogP contribution in [0, 0.1) is 17.5 Å². The largest absolute Gasteiger partial charge is 0.444 e. The number of benzene rings is 1. The van der Waals surface area contributed by atoms with Crippen molar-refractivity contribution in [1.29, 1.82) is 0 Å². The van der Waals surface area contributed by atoms with Gasteiger partial charge >= 0.3 is 0 Å². The first kappa shape index (κ1) is 15.1. The van der Waals surface area contributed by atoms with E-state index in [1.807, 2.05) is 4.40 Å². The van der Waals surface area contributed by atoms with Gasteiger partial charge in [0.15, 0.2) is 17.3 Å². The Hall–Kier alpha value is -3.16. The maximum Gasteiger partial charge on any atom is 0.228 e. The van der Waals surface area contributed by atoms with Gasteiger partial charge in [-0.3, -0.25) is 4.40 Å². The van der Waals surface area contributed by atoms with Gasteiger partial charge in [0.1, 0.15) is 23.6 Å². The lowest BCUT2D eigenvalue weighted by molar-refractivity contribution is 0.497. The molecular weight excluding hydrogens is 345 g/mol. The highest BCUT2D eigenvalue weighted by Crippen LogP contribution is 2.39. The number of hydrogen-bond acceptors (Lipinski definition) is 4. The predicted molar refractivity (Wildman–Crippen MR) is 85.8 cm³/mol. The minimum absolute atomic E-state index is 0.0159. The van der Waals surface area contributed by atoms with Crippen molar-refractivity contribution in [3.8, 4) is 22.7 Å². The van der Waals surface area contributed by atoms with Gasteiger partial charge in [0.2, 0.25) is 5.89 Å². The molecule has 0 N–H and O–H groups in total. The number of hydrogen-bond donors (Lipinski definition) is 0. The van der Waals surface area contributed by atoms with Crippen LogP contribution in [-0.2, 0) is 0 Å². The van der Waals surface area contributed by atoms with Gasteiger partial charge in [-0.05, 0) is 31.0 Å². The Morgan fingerprint density at radius 2 is 1.92 bits per heavy atom. The summed E-state index contributed by atoms with van der Waals surface area (Å²) in [4.78, 5) is 4.18. The molecule has 3 aromatic heterocycles. The van der Waals surface area contributed by atoms with Crippen LogP contribution in [0.4, 0.5) is 13.2 Å². The zero-order valence-electron chi connectivity index (χ0n) is 13.3. The third-order valence-electron chi connectivity index (χ3n) is 4.39. The van der Waals surface area contributed by atoms with Crippen molar-refractivity contribution in [1.82, 2.24) is 19.6 Å². The highest BCUT2D eigenvalue weighted by atomic mass is 19.2. The fourth-order valence-corrected chi connectivity index (χ4v) is 2.93. The topological polar surface area (TPSA) is 56.2 Å². The van der Waals surface area contributed by atoms with Gasteiger partial charge in [0.05, 0.1) is 5.56 Å². The summed E-state index contributed by atoms with van der Waals surface area (Å²) in [7, 11) is 0. The van der Waals surface area contributed by atoms with Gasteiger partial charge in [-0.1, -0.05) is 0 Å². The molecule has 3 heterocycles. The van der Waals surface area contributed by atoms with Crippen LogP contribution >= 0.6 is 0 Å². The number of fused-ring (bicyclic) bond motifs is 1. The Morgan fingerprint density at radius 3 is 2.73 bits per heavy atom. The first-order valence-electron chi connectivity index (χ1n) is 8.05. The molecule has 5 nitrogen and oxygen atoms in total. The number of aromatic nitrogens is 4. The van der Waals surface area contributed by atoms with E-state index in [2.05, 4.69) is 15.2 Å². The molecule has 0 saturated heterocycles. The van der Waals surface area contributed by atoms with Gasteiger partial charge in [-0.15, -0.1) is 10.2 Å². The molecule has 0 radical (unpaired) electrons. The van der Waals surface area contributed by atoms with E-state index in [0.717, 1.165) is 24.7 Å². The van der Waals surface area contributed by atoms with Gasteiger partial charge in [0.25, 0.3) is 0 Å². The summed E-state index contributed by atoms with van der Waals surface area (Å²) in [5, 5.41) is 8.33. The second-order valence-electron chi connectivity index (χ2n) is 6.27. The molecule has 1 saturated carbocycles. The van der Waals surface area contributed by atoms with Crippen molar-refractivity contribution in [2.45, 2.75) is 18.8 Å². The molecule has 0 atom stereocenters. The van der Waals surface area contributed by atoms with Crippen LogP contribution in [0.2, 0.25) is 0 Å². The third-order valence-corrected chi connectivity index (χ3v) is 4.39. The molecule has 1 aliphatic carbocycles. The van der Waals surface area contributed by atoms with Crippen molar-refractivity contribution < 1.29 is 17.6 Å². The van der Waals surface area contributed by atoms with Crippen molar-refractivity contribution >= 4 is 5.65 Å². The van der Waals surface area contributed by atoms with Crippen molar-refractivity contribution in [3.05, 3.63) is 60.0 Å². The quantitative estimate of drug-likeness (QED) is 0.512. The fraction of sp³-hybridized carbons (Fsp3) is 0.167. The number of rotatable bonds is 3. The molecule has 0 amide bonds. The molecule has 26 heavy (non-hydrogen) atoms. The van der Waals surface area contributed by atoms with E-state index in [4.69, 9.17) is 4.42 Å². The van der Waals surface area contributed by atoms with Crippen molar-refractivity contribution in [2.24, 2.45) is 0 Å². The molecule has 4 aromatic rings. The lowest BCUT2D eigenvalue weighted by Crippen LogP contribution is -1.94. The van der Waals surface area contributed by atoms with Crippen molar-refractivity contribution in [2.75, 3.05) is 0 Å². The van der Waals surface area contributed by atoms with E-state index in [9.17, 15) is 13.2 Å². The predicted octanol–water partition coefficient (Wildman–Crippen LogP) is 4.35. The van der Waals surface area contributed by atoms with Crippen LogP contribution < -0.4 is 0 Å². The molecule has 1 aromatic carbocycles. The average molecular weight is 356 g/mol. The molecule has 1 fully saturated rings. The first-order chi connectivity index (χ1) is 12.6. The van der Waals surface area contributed by atoms with Gasteiger partial charge in [0, 0.05) is 23.7 Å². The summed E-state index contributed by atoms with van der Waals surface area (Å²) in [5.74, 6) is -1.83. The van der Waals surface area contributed by atoms with Gasteiger partial charge in [-0.25, -0.2) is 18.2 Å². The van der Waals surface area contributed by atoms with E-state index in [-0.39, 0.29) is 17.1 Å². The minimum Gasteiger partial charge on any atom is -0.444 e. The first-order valence-corrected chi connectivity index (χ1v) is 8.05. The zero-order valence-corrected chi connectivity index (χ0v) is 13.3. The Labute approximate surface area is 145 Å². The van der Waals surface area contributed by atoms with Crippen LogP contribution in [0.25, 0.3) is 28.4 Å². The molecule has 0 spiro atoms. The summed E-state index contributed by atoms with van der Waals surface area (Å²) < 4.78 is 48.1. The van der Waals surface area contributed by atoms with E-state index in [1.165, 1.54) is 6.26 Å². The van der Waals surface area contributed by atoms with E-state index in [0.29, 0.717) is 23.2 Å².